The fourth-order valence-electron chi connectivity index (χ4n) is 3.07. The Morgan fingerprint density at radius 3 is 2.56 bits per heavy atom. The number of thioether (sulfide) groups is 1. The first-order valence-corrected chi connectivity index (χ1v) is 10.5. The largest absolute Gasteiger partial charge is 0.350 e. The smallest absolute Gasteiger partial charge is 0.251 e. The average molecular weight is 383 g/mol. The number of carbonyl (C=O) groups excluding carboxylic acids is 2. The number of nitrogens with one attached hydrogen (secondary N) is 1. The van der Waals surface area contributed by atoms with E-state index in [-0.39, 0.29) is 23.2 Å². The molecule has 27 heavy (non-hydrogen) atoms. The van der Waals surface area contributed by atoms with Gasteiger partial charge in [-0.25, -0.2) is 0 Å². The highest BCUT2D eigenvalue weighted by molar-refractivity contribution is 8.00. The third kappa shape index (κ3) is 4.92. The van der Waals surface area contributed by atoms with Crippen molar-refractivity contribution in [2.24, 2.45) is 0 Å². The molecule has 1 aliphatic rings. The number of hydrogen-bond acceptors (Lipinski definition) is 3. The maximum absolute atomic E-state index is 12.3. The van der Waals surface area contributed by atoms with Crippen LogP contribution in [0.15, 0.2) is 54.6 Å². The molecular weight excluding hydrogens is 356 g/mol. The van der Waals surface area contributed by atoms with Crippen LogP contribution in [0.25, 0.3) is 0 Å². The molecule has 3 rings (SSSR count). The van der Waals surface area contributed by atoms with Gasteiger partial charge in [0, 0.05) is 18.2 Å². The Bertz CT molecular complexity index is 777. The van der Waals surface area contributed by atoms with Gasteiger partial charge in [-0.15, -0.1) is 11.8 Å². The van der Waals surface area contributed by atoms with Crippen molar-refractivity contribution in [1.82, 2.24) is 10.2 Å². The van der Waals surface area contributed by atoms with E-state index in [9.17, 15) is 9.59 Å². The molecule has 2 aromatic rings. The Morgan fingerprint density at radius 1 is 1.19 bits per heavy atom. The van der Waals surface area contributed by atoms with Crippen LogP contribution in [-0.4, -0.2) is 35.1 Å². The van der Waals surface area contributed by atoms with Crippen LogP contribution in [0.4, 0.5) is 0 Å². The molecule has 1 fully saturated rings. The number of carbonyl (C=O) groups is 2. The normalized spacial score (nSPS) is 17.8. The van der Waals surface area contributed by atoms with Crippen molar-refractivity contribution in [2.75, 3.05) is 12.3 Å². The highest BCUT2D eigenvalue weighted by Gasteiger charge is 2.32. The van der Waals surface area contributed by atoms with Crippen molar-refractivity contribution in [2.45, 2.75) is 38.1 Å². The summed E-state index contributed by atoms with van der Waals surface area (Å²) in [6.45, 7) is 4.75. The molecular formula is C22H26N2O2S. The van der Waals surface area contributed by atoms with Crippen molar-refractivity contribution in [3.63, 3.8) is 0 Å². The van der Waals surface area contributed by atoms with Gasteiger partial charge in [0.1, 0.15) is 5.37 Å². The summed E-state index contributed by atoms with van der Waals surface area (Å²) in [7, 11) is 0. The van der Waals surface area contributed by atoms with E-state index in [2.05, 4.69) is 17.4 Å². The van der Waals surface area contributed by atoms with Crippen molar-refractivity contribution >= 4 is 23.6 Å². The van der Waals surface area contributed by atoms with Crippen LogP contribution in [0.3, 0.4) is 0 Å². The molecule has 0 saturated carbocycles. The van der Waals surface area contributed by atoms with Crippen LogP contribution in [-0.2, 0) is 11.2 Å². The van der Waals surface area contributed by atoms with Crippen molar-refractivity contribution in [3.8, 4) is 0 Å². The second-order valence-electron chi connectivity index (χ2n) is 6.89. The van der Waals surface area contributed by atoms with Gasteiger partial charge in [-0.1, -0.05) is 49.4 Å². The second kappa shape index (κ2) is 9.09. The molecule has 0 aromatic heterocycles. The van der Waals surface area contributed by atoms with Gasteiger partial charge >= 0.3 is 0 Å². The molecule has 142 valence electrons. The van der Waals surface area contributed by atoms with Gasteiger partial charge in [0.2, 0.25) is 5.91 Å². The Hall–Kier alpha value is -2.27. The molecule has 1 N–H and O–H groups in total. The first-order chi connectivity index (χ1) is 13.1. The molecule has 2 amide bonds. The zero-order valence-electron chi connectivity index (χ0n) is 15.9. The summed E-state index contributed by atoms with van der Waals surface area (Å²) < 4.78 is 0. The predicted molar refractivity (Wildman–Crippen MR) is 111 cm³/mol. The van der Waals surface area contributed by atoms with Gasteiger partial charge in [0.25, 0.3) is 5.91 Å². The number of amides is 2. The predicted octanol–water partition coefficient (Wildman–Crippen LogP) is 4.03. The summed E-state index contributed by atoms with van der Waals surface area (Å²) in [5.74, 6) is 0.641. The van der Waals surface area contributed by atoms with E-state index in [0.717, 1.165) is 18.4 Å². The third-order valence-corrected chi connectivity index (χ3v) is 6.16. The number of rotatable bonds is 7. The molecule has 0 aliphatic carbocycles. The molecule has 0 unspecified atom stereocenters. The summed E-state index contributed by atoms with van der Waals surface area (Å²) in [4.78, 5) is 26.5. The minimum atomic E-state index is -0.0491. The van der Waals surface area contributed by atoms with E-state index >= 15 is 0 Å². The lowest BCUT2D eigenvalue weighted by Crippen LogP contribution is -2.32. The first kappa shape index (κ1) is 19.5. The summed E-state index contributed by atoms with van der Waals surface area (Å²) in [5.41, 5.74) is 2.96. The Kier molecular flexibility index (Phi) is 6.56. The maximum Gasteiger partial charge on any atom is 0.251 e. The van der Waals surface area contributed by atoms with E-state index in [0.29, 0.717) is 17.9 Å². The van der Waals surface area contributed by atoms with Gasteiger partial charge in [0.15, 0.2) is 0 Å². The molecule has 2 atom stereocenters. The molecule has 1 heterocycles. The lowest BCUT2D eigenvalue weighted by atomic mass is 10.1. The molecule has 0 spiro atoms. The van der Waals surface area contributed by atoms with E-state index < -0.39 is 0 Å². The fourth-order valence-corrected chi connectivity index (χ4v) is 4.29. The summed E-state index contributed by atoms with van der Waals surface area (Å²) in [6.07, 6.45) is 1.75. The van der Waals surface area contributed by atoms with Crippen LogP contribution in [0.2, 0.25) is 0 Å². The quantitative estimate of drug-likeness (QED) is 0.786. The molecule has 1 saturated heterocycles. The van der Waals surface area contributed by atoms with Gasteiger partial charge in [0.05, 0.1) is 5.75 Å². The third-order valence-electron chi connectivity index (χ3n) is 4.90. The van der Waals surface area contributed by atoms with Crippen LogP contribution >= 0.6 is 11.8 Å². The Balaban J connectivity index is 1.67. The highest BCUT2D eigenvalue weighted by Crippen LogP contribution is 2.38. The molecule has 1 aliphatic heterocycles. The molecule has 2 aromatic carbocycles. The summed E-state index contributed by atoms with van der Waals surface area (Å²) >= 11 is 1.65. The van der Waals surface area contributed by atoms with Crippen LogP contribution < -0.4 is 5.32 Å². The van der Waals surface area contributed by atoms with Gasteiger partial charge < -0.3 is 10.2 Å². The van der Waals surface area contributed by atoms with Gasteiger partial charge in [-0.05, 0) is 43.0 Å². The van der Waals surface area contributed by atoms with Crippen molar-refractivity contribution < 1.29 is 9.59 Å². The van der Waals surface area contributed by atoms with Crippen LogP contribution in [0.1, 0.15) is 47.1 Å². The van der Waals surface area contributed by atoms with E-state index in [1.807, 2.05) is 61.2 Å². The standard InChI is InChI=1S/C22H26N2O2S/c1-3-16(2)23-21(26)18-9-11-19(12-10-18)22-24(20(25)15-27-22)14-13-17-7-5-4-6-8-17/h4-12,16,22H,3,13-15H2,1-2H3,(H,23,26)/t16-,22+/m0/s1. The number of nitrogens with zero attached hydrogens (tertiary/aromatic N) is 1. The summed E-state index contributed by atoms with van der Waals surface area (Å²) in [6, 6.07) is 18.0. The molecule has 5 heteroatoms. The van der Waals surface area contributed by atoms with Gasteiger partial charge in [-0.3, -0.25) is 9.59 Å². The Morgan fingerprint density at radius 2 is 1.89 bits per heavy atom. The first-order valence-electron chi connectivity index (χ1n) is 9.44. The SMILES string of the molecule is CC[C@H](C)NC(=O)c1ccc([C@H]2SCC(=O)N2CCc2ccccc2)cc1. The fraction of sp³-hybridized carbons (Fsp3) is 0.364. The van der Waals surface area contributed by atoms with Crippen molar-refractivity contribution in [1.29, 1.82) is 0 Å². The number of hydrogen-bond donors (Lipinski definition) is 1. The highest BCUT2D eigenvalue weighted by atomic mass is 32.2. The average Bonchev–Trinajstić information content (AvgIpc) is 3.07. The molecule has 4 nitrogen and oxygen atoms in total. The lowest BCUT2D eigenvalue weighted by Gasteiger charge is -2.24. The molecule has 0 radical (unpaired) electrons. The van der Waals surface area contributed by atoms with E-state index in [4.69, 9.17) is 0 Å². The van der Waals surface area contributed by atoms with Crippen LogP contribution in [0, 0.1) is 0 Å². The van der Waals surface area contributed by atoms with Crippen molar-refractivity contribution in [3.05, 3.63) is 71.3 Å². The topological polar surface area (TPSA) is 49.4 Å². The van der Waals surface area contributed by atoms with Gasteiger partial charge in [-0.2, -0.15) is 0 Å². The lowest BCUT2D eigenvalue weighted by molar-refractivity contribution is -0.128. The minimum absolute atomic E-state index is 0.0212. The van der Waals surface area contributed by atoms with E-state index in [1.165, 1.54) is 5.56 Å². The monoisotopic (exact) mass is 382 g/mol. The van der Waals surface area contributed by atoms with E-state index in [1.54, 1.807) is 11.8 Å². The number of benzene rings is 2. The van der Waals surface area contributed by atoms with Crippen LogP contribution in [0.5, 0.6) is 0 Å². The Labute approximate surface area is 165 Å². The second-order valence-corrected chi connectivity index (χ2v) is 7.96. The minimum Gasteiger partial charge on any atom is -0.350 e. The summed E-state index contributed by atoms with van der Waals surface area (Å²) in [5, 5.41) is 3.00. The zero-order valence-corrected chi connectivity index (χ0v) is 16.7. The molecule has 0 bridgehead atoms. The maximum atomic E-state index is 12.3. The zero-order chi connectivity index (χ0) is 19.2.